The highest BCUT2D eigenvalue weighted by Crippen LogP contribution is 2.40. The minimum absolute atomic E-state index is 0.0215. The number of rotatable bonds is 2. The molecule has 7 heteroatoms. The van der Waals surface area contributed by atoms with Gasteiger partial charge in [0.1, 0.15) is 5.60 Å². The largest absolute Gasteiger partial charge is 0.444 e. The molecule has 1 aromatic rings. The Balaban J connectivity index is 1.66. The number of alkyl halides is 3. The number of ether oxygens (including phenoxy) is 1. The van der Waals surface area contributed by atoms with Crippen LogP contribution in [0.15, 0.2) is 18.2 Å². The Hall–Kier alpha value is -1.76. The molecule has 0 aliphatic carbocycles. The molecule has 29 heavy (non-hydrogen) atoms. The van der Waals surface area contributed by atoms with Crippen LogP contribution in [0.4, 0.5) is 18.0 Å². The number of amides is 1. The first-order chi connectivity index (χ1) is 13.4. The number of aryl methyl sites for hydroxylation is 1. The monoisotopic (exact) mass is 412 g/mol. The molecule has 2 aliphatic rings. The normalized spacial score (nSPS) is 20.3. The van der Waals surface area contributed by atoms with E-state index >= 15 is 0 Å². The van der Waals surface area contributed by atoms with Crippen molar-refractivity contribution in [1.29, 1.82) is 0 Å². The quantitative estimate of drug-likeness (QED) is 0.654. The van der Waals surface area contributed by atoms with E-state index < -0.39 is 17.3 Å². The van der Waals surface area contributed by atoms with Gasteiger partial charge >= 0.3 is 12.3 Å². The molecule has 3 rings (SSSR count). The predicted octanol–water partition coefficient (Wildman–Crippen LogP) is 5.38. The summed E-state index contributed by atoms with van der Waals surface area (Å²) in [6.07, 6.45) is -0.707. The Kier molecular flexibility index (Phi) is 5.91. The van der Waals surface area contributed by atoms with Crippen LogP contribution in [-0.2, 0) is 17.5 Å². The molecule has 2 saturated heterocycles. The molecule has 0 saturated carbocycles. The highest BCUT2D eigenvalue weighted by atomic mass is 19.4. The summed E-state index contributed by atoms with van der Waals surface area (Å²) in [6.45, 7) is 10.2. The summed E-state index contributed by atoms with van der Waals surface area (Å²) in [5, 5.41) is 0. The third kappa shape index (κ3) is 5.05. The standard InChI is InChI=1S/C22H31F3N2O2/c1-16-14-18(22(23,24)25)7-6-17(16)15-27-11-5-8-21(27)9-12-26(13-10-21)19(28)29-20(2,3)4/h6-7,14H,5,8-13,15H2,1-4H3. The first-order valence-corrected chi connectivity index (χ1v) is 10.3. The lowest BCUT2D eigenvalue weighted by atomic mass is 9.84. The fourth-order valence-electron chi connectivity index (χ4n) is 4.49. The molecular formula is C22H31F3N2O2. The van der Waals surface area contributed by atoms with Crippen molar-refractivity contribution in [2.45, 2.75) is 77.2 Å². The van der Waals surface area contributed by atoms with E-state index in [1.54, 1.807) is 17.9 Å². The average molecular weight is 412 g/mol. The smallest absolute Gasteiger partial charge is 0.416 e. The zero-order valence-electron chi connectivity index (χ0n) is 17.7. The van der Waals surface area contributed by atoms with Gasteiger partial charge in [-0.05, 0) is 83.2 Å². The van der Waals surface area contributed by atoms with E-state index in [0.717, 1.165) is 37.8 Å². The van der Waals surface area contributed by atoms with Crippen molar-refractivity contribution in [2.24, 2.45) is 0 Å². The molecule has 2 heterocycles. The first-order valence-electron chi connectivity index (χ1n) is 10.3. The van der Waals surface area contributed by atoms with E-state index in [1.165, 1.54) is 12.1 Å². The zero-order valence-corrected chi connectivity index (χ0v) is 17.7. The number of carbonyl (C=O) groups excluding carboxylic acids is 1. The Morgan fingerprint density at radius 1 is 1.10 bits per heavy atom. The molecule has 0 aromatic heterocycles. The molecule has 1 spiro atoms. The van der Waals surface area contributed by atoms with Gasteiger partial charge in [-0.1, -0.05) is 6.07 Å². The third-order valence-corrected chi connectivity index (χ3v) is 6.12. The topological polar surface area (TPSA) is 32.8 Å². The number of likely N-dealkylation sites (tertiary alicyclic amines) is 2. The molecule has 1 amide bonds. The van der Waals surface area contributed by atoms with Crippen molar-refractivity contribution in [3.05, 3.63) is 34.9 Å². The van der Waals surface area contributed by atoms with Crippen molar-refractivity contribution in [3.8, 4) is 0 Å². The lowest BCUT2D eigenvalue weighted by Crippen LogP contribution is -2.53. The van der Waals surface area contributed by atoms with E-state index in [0.29, 0.717) is 25.2 Å². The SMILES string of the molecule is Cc1cc(C(F)(F)F)ccc1CN1CCCC12CCN(C(=O)OC(C)(C)C)CC2. The van der Waals surface area contributed by atoms with Crippen LogP contribution in [0, 0.1) is 6.92 Å². The van der Waals surface area contributed by atoms with Gasteiger partial charge < -0.3 is 9.64 Å². The van der Waals surface area contributed by atoms with Gasteiger partial charge in [-0.25, -0.2) is 4.79 Å². The highest BCUT2D eigenvalue weighted by molar-refractivity contribution is 5.68. The van der Waals surface area contributed by atoms with Gasteiger partial charge in [0.25, 0.3) is 0 Å². The van der Waals surface area contributed by atoms with Crippen LogP contribution < -0.4 is 0 Å². The van der Waals surface area contributed by atoms with Gasteiger partial charge in [0.2, 0.25) is 0 Å². The number of piperidine rings is 1. The zero-order chi connectivity index (χ0) is 21.4. The average Bonchev–Trinajstić information content (AvgIpc) is 2.97. The lowest BCUT2D eigenvalue weighted by molar-refractivity contribution is -0.137. The Bertz CT molecular complexity index is 747. The second-order valence-electron chi connectivity index (χ2n) is 9.36. The van der Waals surface area contributed by atoms with Crippen LogP contribution >= 0.6 is 0 Å². The van der Waals surface area contributed by atoms with Crippen molar-refractivity contribution in [2.75, 3.05) is 19.6 Å². The molecule has 0 unspecified atom stereocenters. The second kappa shape index (κ2) is 7.82. The van der Waals surface area contributed by atoms with E-state index in [-0.39, 0.29) is 11.6 Å². The van der Waals surface area contributed by atoms with Crippen LogP contribution in [0.2, 0.25) is 0 Å². The molecular weight excluding hydrogens is 381 g/mol. The maximum absolute atomic E-state index is 12.9. The van der Waals surface area contributed by atoms with E-state index in [9.17, 15) is 18.0 Å². The number of halogens is 3. The minimum atomic E-state index is -4.31. The minimum Gasteiger partial charge on any atom is -0.444 e. The molecule has 2 fully saturated rings. The fraction of sp³-hybridized carbons (Fsp3) is 0.682. The number of benzene rings is 1. The molecule has 0 radical (unpaired) electrons. The number of hydrogen-bond acceptors (Lipinski definition) is 3. The van der Waals surface area contributed by atoms with Crippen molar-refractivity contribution in [1.82, 2.24) is 9.80 Å². The van der Waals surface area contributed by atoms with Gasteiger partial charge in [-0.3, -0.25) is 4.90 Å². The first kappa shape index (κ1) is 21.9. The molecule has 0 atom stereocenters. The molecule has 2 aliphatic heterocycles. The summed E-state index contributed by atoms with van der Waals surface area (Å²) >= 11 is 0. The Labute approximate surface area is 171 Å². The van der Waals surface area contributed by atoms with Crippen LogP contribution in [0.25, 0.3) is 0 Å². The lowest BCUT2D eigenvalue weighted by Gasteiger charge is -2.45. The molecule has 0 N–H and O–H groups in total. The maximum Gasteiger partial charge on any atom is 0.416 e. The van der Waals surface area contributed by atoms with Crippen molar-refractivity contribution in [3.63, 3.8) is 0 Å². The molecule has 1 aromatic carbocycles. The van der Waals surface area contributed by atoms with Crippen molar-refractivity contribution < 1.29 is 22.7 Å². The van der Waals surface area contributed by atoms with E-state index in [1.807, 2.05) is 20.8 Å². The van der Waals surface area contributed by atoms with Gasteiger partial charge in [0.15, 0.2) is 0 Å². The van der Waals surface area contributed by atoms with Crippen LogP contribution in [-0.4, -0.2) is 46.7 Å². The summed E-state index contributed by atoms with van der Waals surface area (Å²) in [5.74, 6) is 0. The van der Waals surface area contributed by atoms with Gasteiger partial charge in [0.05, 0.1) is 5.56 Å². The number of carbonyl (C=O) groups is 1. The van der Waals surface area contributed by atoms with E-state index in [4.69, 9.17) is 4.74 Å². The molecule has 0 bridgehead atoms. The highest BCUT2D eigenvalue weighted by Gasteiger charge is 2.44. The summed E-state index contributed by atoms with van der Waals surface area (Å²) < 4.78 is 44.3. The van der Waals surface area contributed by atoms with Crippen molar-refractivity contribution >= 4 is 6.09 Å². The second-order valence-corrected chi connectivity index (χ2v) is 9.36. The Morgan fingerprint density at radius 3 is 2.31 bits per heavy atom. The summed E-state index contributed by atoms with van der Waals surface area (Å²) in [4.78, 5) is 16.5. The number of nitrogens with zero attached hydrogens (tertiary/aromatic N) is 2. The summed E-state index contributed by atoms with van der Waals surface area (Å²) in [6, 6.07) is 4.03. The van der Waals surface area contributed by atoms with Gasteiger partial charge in [-0.2, -0.15) is 13.2 Å². The molecule has 4 nitrogen and oxygen atoms in total. The fourth-order valence-corrected chi connectivity index (χ4v) is 4.49. The number of hydrogen-bond donors (Lipinski definition) is 0. The maximum atomic E-state index is 12.9. The third-order valence-electron chi connectivity index (χ3n) is 6.12. The predicted molar refractivity (Wildman–Crippen MR) is 106 cm³/mol. The van der Waals surface area contributed by atoms with Gasteiger partial charge in [-0.15, -0.1) is 0 Å². The summed E-state index contributed by atoms with van der Waals surface area (Å²) in [7, 11) is 0. The van der Waals surface area contributed by atoms with Crippen LogP contribution in [0.1, 0.15) is 63.1 Å². The van der Waals surface area contributed by atoms with E-state index in [2.05, 4.69) is 4.90 Å². The Morgan fingerprint density at radius 2 is 1.76 bits per heavy atom. The van der Waals surface area contributed by atoms with Gasteiger partial charge in [0, 0.05) is 25.2 Å². The molecule has 162 valence electrons. The van der Waals surface area contributed by atoms with Crippen LogP contribution in [0.5, 0.6) is 0 Å². The summed E-state index contributed by atoms with van der Waals surface area (Å²) in [5.41, 5.74) is 0.529. The van der Waals surface area contributed by atoms with Crippen LogP contribution in [0.3, 0.4) is 0 Å².